The Balaban J connectivity index is 0.000000249. The van der Waals surface area contributed by atoms with E-state index in [-0.39, 0.29) is 118 Å². The van der Waals surface area contributed by atoms with Crippen LogP contribution in [0.1, 0.15) is 108 Å². The molecule has 38 heteroatoms. The predicted octanol–water partition coefficient (Wildman–Crippen LogP) is 19.4. The number of H-pyrrole nitrogens is 4. The zero-order valence-electron chi connectivity index (χ0n) is 78.8. The van der Waals surface area contributed by atoms with Gasteiger partial charge in [-0.2, -0.15) is 4.39 Å². The maximum atomic E-state index is 14.8. The van der Waals surface area contributed by atoms with Crippen LogP contribution in [0.3, 0.4) is 0 Å². The number of nitrogens with one attached hydrogen (secondary N) is 5. The fourth-order valence-electron chi connectivity index (χ4n) is 14.4. The van der Waals surface area contributed by atoms with Crippen molar-refractivity contribution in [1.82, 2.24) is 48.4 Å². The van der Waals surface area contributed by atoms with Gasteiger partial charge in [-0.3, -0.25) is 23.7 Å². The van der Waals surface area contributed by atoms with Gasteiger partial charge in [0, 0.05) is 206 Å². The smallest absolute Gasteiger partial charge is 0.419 e. The molecule has 0 saturated carbocycles. The molecule has 2 radical (unpaired) electrons. The Morgan fingerprint density at radius 3 is 1.34 bits per heavy atom. The molecule has 8 aromatic heterocycles. The van der Waals surface area contributed by atoms with E-state index < -0.39 is 82.7 Å². The first-order chi connectivity index (χ1) is 64.0. The molecule has 0 fully saturated rings. The van der Waals surface area contributed by atoms with E-state index in [1.807, 2.05) is 47.9 Å². The third-order valence-corrected chi connectivity index (χ3v) is 20.5. The van der Waals surface area contributed by atoms with Gasteiger partial charge in [0.05, 0.1) is 17.5 Å². The molecule has 16 aromatic rings. The number of aliphatic carboxylic acids is 3. The summed E-state index contributed by atoms with van der Waals surface area (Å²) in [6.07, 6.45) is 11.9. The zero-order chi connectivity index (χ0) is 100. The van der Waals surface area contributed by atoms with E-state index >= 15 is 0 Å². The standard InChI is InChI=1S/C25H34FN2O6.C12H12F2N2O2.C12H13FN2O2.C12H13FN2O.C11H13FN2.C10H11FN2.C10H8FNO2.C8H6FN.CH3.2Co/c1-23(2,3)32-20(29)27(21(30)33-24(4,5)6)14-13-16-15-28(22(31)34-25(7,8)9)18-12-10-11-17(26)19(16)18;1-16-10-3-2-6(13)4-7(10)8(11(16)14)5-9(15)12(17)18;1-15-6-7(4-10(14)12(16)17)9-5-8(13)2-3-11(9)15;1-8(16)14-5-4-9-7-15-12-3-2-10(13)6-11(9)12;1-14-7-8(4-5-13)10-6-9(12)2-3-11(10)14;11-8-1-2-10-9(5-8)7(3-4-12)6-13-10;11-7-1-2-9-8(4-7)6(5-12-9)3-10(13)14;9-7-1-2-8-6(5-7)3-4-10-8;;;/h10-12,14-15H,13H2,1-9H3;2-4,9H,5,15H2,1H3,(H,17,18);2-3,5-6,10H,4,14H2,1H3,(H,16,17);2-3,6-7,15H,4-5H2,1H3,(H,14,16);2-3,6-7H,4-5,13H2,1H3;1-2,5-6,13H,3-4,12H2;1-2,4-5,12H,3H2,(H,13,14);1-5,10H;1H3;;/q-1;;;;;;;;-1;;. The van der Waals surface area contributed by atoms with E-state index in [0.29, 0.717) is 69.3 Å². The molecule has 0 aliphatic carbocycles. The monoisotopic (exact) mass is 2020 g/mol. The minimum Gasteiger partial charge on any atom is -0.481 e. The summed E-state index contributed by atoms with van der Waals surface area (Å²) in [6, 6.07) is 35.5. The maximum Gasteiger partial charge on any atom is 0.419 e. The van der Waals surface area contributed by atoms with Gasteiger partial charge in [-0.1, -0.05) is 6.07 Å². The molecule has 139 heavy (non-hydrogen) atoms. The number of nitrogens with zero attached hydrogens (tertiary/aromatic N) is 5. The summed E-state index contributed by atoms with van der Waals surface area (Å²) in [5.41, 5.74) is 30.7. The topological polar surface area (TPSA) is 410 Å². The van der Waals surface area contributed by atoms with Crippen molar-refractivity contribution in [3.05, 3.63) is 300 Å². The second-order valence-corrected chi connectivity index (χ2v) is 34.6. The third kappa shape index (κ3) is 32.2. The number of carboxylic acids is 3. The van der Waals surface area contributed by atoms with E-state index in [4.69, 9.17) is 52.5 Å². The Kier molecular flexibility index (Phi) is 41.6. The van der Waals surface area contributed by atoms with Crippen LogP contribution in [-0.4, -0.2) is 149 Å². The van der Waals surface area contributed by atoms with Gasteiger partial charge >= 0.3 is 36.2 Å². The molecule has 8 aromatic carbocycles. The van der Waals surface area contributed by atoms with E-state index in [9.17, 15) is 73.1 Å². The average Bonchev–Trinajstić information content (AvgIpc) is 1.64. The Morgan fingerprint density at radius 1 is 0.460 bits per heavy atom. The van der Waals surface area contributed by atoms with Crippen LogP contribution in [0, 0.1) is 66.5 Å². The summed E-state index contributed by atoms with van der Waals surface area (Å²) in [5, 5.41) is 34.4. The van der Waals surface area contributed by atoms with Crippen molar-refractivity contribution in [2.24, 2.45) is 44.1 Å². The molecule has 16 rings (SSSR count). The second kappa shape index (κ2) is 50.6. The van der Waals surface area contributed by atoms with Crippen molar-refractivity contribution >= 4 is 129 Å². The molecule has 0 aliphatic rings. The van der Waals surface area contributed by atoms with Crippen LogP contribution in [-0.2, 0) is 133 Å². The molecule has 3 amide bonds. The summed E-state index contributed by atoms with van der Waals surface area (Å²) in [7, 11) is 5.28. The van der Waals surface area contributed by atoms with E-state index in [1.54, 1.807) is 129 Å². The molecular formula is C101H113Co2F9N14O13-2. The molecule has 0 spiro atoms. The summed E-state index contributed by atoms with van der Waals surface area (Å²) in [6.45, 7) is 19.7. The average molecular weight is 2020 g/mol. The number of carbonyl (C=O) groups is 7. The van der Waals surface area contributed by atoms with Crippen molar-refractivity contribution in [2.75, 3.05) is 19.6 Å². The second-order valence-electron chi connectivity index (χ2n) is 34.6. The van der Waals surface area contributed by atoms with Crippen LogP contribution in [0.4, 0.5) is 53.9 Å². The Labute approximate surface area is 816 Å². The number of aryl methyl sites for hydroxylation is 3. The van der Waals surface area contributed by atoms with Crippen molar-refractivity contribution in [1.29, 1.82) is 0 Å². The van der Waals surface area contributed by atoms with Gasteiger partial charge in [0.2, 0.25) is 5.91 Å². The van der Waals surface area contributed by atoms with Crippen LogP contribution in [0.5, 0.6) is 0 Å². The van der Waals surface area contributed by atoms with Gasteiger partial charge < -0.3 is 104 Å². The number of aromatic amines is 4. The molecule has 2 atom stereocenters. The number of benzene rings is 8. The van der Waals surface area contributed by atoms with Crippen LogP contribution in [0.15, 0.2) is 195 Å². The minimum absolute atomic E-state index is 0. The quantitative estimate of drug-likeness (QED) is 0.0216. The summed E-state index contributed by atoms with van der Waals surface area (Å²) in [5.74, 6) is -6.41. The number of amides is 3. The molecule has 16 N–H and O–H groups in total. The molecule has 0 bridgehead atoms. The number of hydrogen-bond acceptors (Lipinski definition) is 14. The van der Waals surface area contributed by atoms with Crippen molar-refractivity contribution in [3.63, 3.8) is 0 Å². The molecule has 748 valence electrons. The van der Waals surface area contributed by atoms with Crippen LogP contribution in [0.25, 0.3) is 87.2 Å². The number of imide groups is 1. The van der Waals surface area contributed by atoms with Crippen molar-refractivity contribution in [3.8, 4) is 0 Å². The first kappa shape index (κ1) is 114. The number of nitrogens with two attached hydrogens (primary N) is 4. The van der Waals surface area contributed by atoms with Crippen LogP contribution in [0.2, 0.25) is 0 Å². The SMILES string of the molecule is CC(=O)NCCc1c[nH]c2ccc(F)cc12.CC(C)(C)OC(=O)N([CH-]Cc1cn(C(=O)OC(C)(C)C)c2cccc(F)c12)C(=O)OC(C)(C)C.Cn1c(F)c(CC(N)C(=O)O)c2cc(F)ccc21.Cn1cc(CC(N)C(=O)O)c2cc(F)ccc21.Cn1cc(CCN)c2cc(F)ccc21.Fc1ccc2[nH]ccc2c1.NCCc1c[nH]c2ccc(F)cc12.O=C(O)Cc1c[nH]c2ccc(F)cc12.[CH3-].[Co].[Co]. The largest absolute Gasteiger partial charge is 0.481 e. The van der Waals surface area contributed by atoms with Gasteiger partial charge in [0.15, 0.2) is 5.95 Å². The Bertz CT molecular complexity index is 6910. The zero-order valence-corrected chi connectivity index (χ0v) is 80.9. The number of hydrogen-bond donors (Lipinski definition) is 12. The predicted molar refractivity (Wildman–Crippen MR) is 512 cm³/mol. The number of carboxylic acid groups (broad SMARTS) is 3. The van der Waals surface area contributed by atoms with Crippen molar-refractivity contribution < 1.29 is 136 Å². The number of aromatic nitrogens is 8. The van der Waals surface area contributed by atoms with E-state index in [0.717, 1.165) is 89.7 Å². The van der Waals surface area contributed by atoms with E-state index in [1.165, 1.54) is 133 Å². The Morgan fingerprint density at radius 2 is 0.871 bits per heavy atom. The number of rotatable bonds is 18. The first-order valence-electron chi connectivity index (χ1n) is 42.8. The van der Waals surface area contributed by atoms with E-state index in [2.05, 4.69) is 25.3 Å². The van der Waals surface area contributed by atoms with Crippen LogP contribution < -0.4 is 28.3 Å². The summed E-state index contributed by atoms with van der Waals surface area (Å²) >= 11 is 0. The first-order valence-corrected chi connectivity index (χ1v) is 42.8. The molecule has 8 heterocycles. The maximum absolute atomic E-state index is 14.8. The molecule has 2 unspecified atom stereocenters. The fourth-order valence-corrected chi connectivity index (χ4v) is 14.4. The number of carbonyl (C=O) groups excluding carboxylic acids is 4. The van der Waals surface area contributed by atoms with Gasteiger partial charge in [-0.25, -0.2) is 56.1 Å². The Hall–Kier alpha value is -13.6. The summed E-state index contributed by atoms with van der Waals surface area (Å²) < 4.78 is 142. The van der Waals surface area contributed by atoms with Gasteiger partial charge in [-0.15, -0.1) is 6.42 Å². The molecular weight excluding hydrogens is 1910 g/mol. The third-order valence-electron chi connectivity index (χ3n) is 20.5. The summed E-state index contributed by atoms with van der Waals surface area (Å²) in [4.78, 5) is 93.5. The number of ether oxygens (including phenoxy) is 3. The number of halogens is 9. The van der Waals surface area contributed by atoms with Gasteiger partial charge in [0.25, 0.3) is 0 Å². The molecule has 0 aliphatic heterocycles. The minimum atomic E-state index is -1.22. The van der Waals surface area contributed by atoms with Crippen LogP contribution >= 0.6 is 0 Å². The molecule has 0 saturated heterocycles. The molecule has 27 nitrogen and oxygen atoms in total. The fraction of sp³-hybridized carbons (Fsp3) is 0.277. The van der Waals surface area contributed by atoms with Gasteiger partial charge in [-0.05, 0) is 274 Å². The normalized spacial score (nSPS) is 11.5. The van der Waals surface area contributed by atoms with Crippen molar-refractivity contribution in [2.45, 2.75) is 143 Å². The number of fused-ring (bicyclic) bond motifs is 8. The van der Waals surface area contributed by atoms with Gasteiger partial charge in [0.1, 0.15) is 75.4 Å².